The molecule has 1 aliphatic heterocycles. The van der Waals surface area contributed by atoms with Crippen molar-refractivity contribution < 1.29 is 4.74 Å². The number of hydrogen-bond donors (Lipinski definition) is 1. The summed E-state index contributed by atoms with van der Waals surface area (Å²) in [4.78, 5) is 0. The van der Waals surface area contributed by atoms with Crippen LogP contribution in [0.4, 0.5) is 0 Å². The summed E-state index contributed by atoms with van der Waals surface area (Å²) in [5.41, 5.74) is 0.274. The second-order valence-electron chi connectivity index (χ2n) is 6.05. The van der Waals surface area contributed by atoms with Gasteiger partial charge in [-0.25, -0.2) is 0 Å². The molecular weight excluding hydrogens is 242 g/mol. The van der Waals surface area contributed by atoms with E-state index in [-0.39, 0.29) is 5.60 Å². The molecule has 0 aromatic rings. The van der Waals surface area contributed by atoms with Gasteiger partial charge in [-0.1, -0.05) is 13.8 Å². The van der Waals surface area contributed by atoms with Crippen LogP contribution in [0.1, 0.15) is 58.8 Å². The third kappa shape index (κ3) is 3.05. The molecule has 18 heavy (non-hydrogen) atoms. The summed E-state index contributed by atoms with van der Waals surface area (Å²) >= 11 is 2.03. The van der Waals surface area contributed by atoms with Crippen molar-refractivity contribution in [3.05, 3.63) is 0 Å². The Hall–Kier alpha value is 0.270. The van der Waals surface area contributed by atoms with Gasteiger partial charge in [0.1, 0.15) is 0 Å². The van der Waals surface area contributed by atoms with Gasteiger partial charge in [0.25, 0.3) is 0 Å². The number of rotatable bonds is 6. The number of thioether (sulfide) groups is 1. The summed E-state index contributed by atoms with van der Waals surface area (Å²) in [6.45, 7) is 6.75. The van der Waals surface area contributed by atoms with Gasteiger partial charge in [-0.2, -0.15) is 11.8 Å². The Bertz CT molecular complexity index is 253. The first-order valence-corrected chi connectivity index (χ1v) is 8.82. The molecule has 1 heterocycles. The van der Waals surface area contributed by atoms with Crippen molar-refractivity contribution in [3.63, 3.8) is 0 Å². The summed E-state index contributed by atoms with van der Waals surface area (Å²) < 4.78 is 6.43. The highest BCUT2D eigenvalue weighted by Crippen LogP contribution is 2.42. The Labute approximate surface area is 117 Å². The van der Waals surface area contributed by atoms with Gasteiger partial charge in [0.05, 0.1) is 5.60 Å². The maximum absolute atomic E-state index is 6.00. The Morgan fingerprint density at radius 3 is 2.56 bits per heavy atom. The molecule has 1 spiro atoms. The highest BCUT2D eigenvalue weighted by atomic mass is 32.2. The lowest BCUT2D eigenvalue weighted by atomic mass is 9.74. The summed E-state index contributed by atoms with van der Waals surface area (Å²) in [5.74, 6) is 0. The molecule has 2 rings (SSSR count). The van der Waals surface area contributed by atoms with Crippen LogP contribution in [0.25, 0.3) is 0 Å². The van der Waals surface area contributed by atoms with Crippen LogP contribution in [-0.2, 0) is 4.74 Å². The maximum Gasteiger partial charge on any atom is 0.0697 e. The molecule has 0 amide bonds. The van der Waals surface area contributed by atoms with Gasteiger partial charge >= 0.3 is 0 Å². The van der Waals surface area contributed by atoms with E-state index in [9.17, 15) is 0 Å². The zero-order valence-corrected chi connectivity index (χ0v) is 13.1. The predicted molar refractivity (Wildman–Crippen MR) is 80.4 cm³/mol. The van der Waals surface area contributed by atoms with E-state index in [1.54, 1.807) is 0 Å². The lowest BCUT2D eigenvalue weighted by molar-refractivity contribution is -0.135. The van der Waals surface area contributed by atoms with Crippen molar-refractivity contribution in [2.45, 2.75) is 75.2 Å². The number of nitrogens with one attached hydrogen (secondary N) is 1. The van der Waals surface area contributed by atoms with Crippen LogP contribution >= 0.6 is 11.8 Å². The fourth-order valence-corrected chi connectivity index (χ4v) is 4.12. The average molecular weight is 271 g/mol. The lowest BCUT2D eigenvalue weighted by Crippen LogP contribution is -2.52. The maximum atomic E-state index is 6.00. The monoisotopic (exact) mass is 271 g/mol. The minimum absolute atomic E-state index is 0.274. The van der Waals surface area contributed by atoms with Gasteiger partial charge in [0.2, 0.25) is 0 Å². The molecule has 2 aliphatic rings. The highest BCUT2D eigenvalue weighted by molar-refractivity contribution is 8.00. The predicted octanol–water partition coefficient (Wildman–Crippen LogP) is 3.60. The van der Waals surface area contributed by atoms with Gasteiger partial charge < -0.3 is 10.1 Å². The van der Waals surface area contributed by atoms with Crippen molar-refractivity contribution in [1.29, 1.82) is 0 Å². The Balaban J connectivity index is 1.82. The Morgan fingerprint density at radius 1 is 1.33 bits per heavy atom. The van der Waals surface area contributed by atoms with E-state index in [0.29, 0.717) is 10.8 Å². The standard InChI is InChI=1S/C15H29NOS/c1-4-15(5-2,18-3)12-16-13-7-10-17-14(11-13)8-6-9-14/h13,16H,4-12H2,1-3H3. The summed E-state index contributed by atoms with van der Waals surface area (Å²) in [5, 5.41) is 3.84. The van der Waals surface area contributed by atoms with Crippen LogP contribution in [0.3, 0.4) is 0 Å². The summed E-state index contributed by atoms with van der Waals surface area (Å²) in [6, 6.07) is 0.684. The fourth-order valence-electron chi connectivity index (χ4n) is 3.31. The van der Waals surface area contributed by atoms with Gasteiger partial charge in [0.15, 0.2) is 0 Å². The van der Waals surface area contributed by atoms with Crippen LogP contribution in [0.15, 0.2) is 0 Å². The Kier molecular flexibility index (Phi) is 5.01. The van der Waals surface area contributed by atoms with Crippen LogP contribution in [-0.4, -0.2) is 35.8 Å². The zero-order valence-electron chi connectivity index (χ0n) is 12.3. The minimum Gasteiger partial charge on any atom is -0.375 e. The molecule has 1 N–H and O–H groups in total. The fraction of sp³-hybridized carbons (Fsp3) is 1.00. The van der Waals surface area contributed by atoms with E-state index in [2.05, 4.69) is 25.4 Å². The van der Waals surface area contributed by atoms with Gasteiger partial charge in [0, 0.05) is 23.9 Å². The summed E-state index contributed by atoms with van der Waals surface area (Å²) in [7, 11) is 0. The molecule has 1 unspecified atom stereocenters. The van der Waals surface area contributed by atoms with Crippen molar-refractivity contribution in [2.24, 2.45) is 0 Å². The first-order chi connectivity index (χ1) is 8.67. The van der Waals surface area contributed by atoms with E-state index in [4.69, 9.17) is 4.74 Å². The molecule has 0 aromatic heterocycles. The molecule has 3 heteroatoms. The molecular formula is C15H29NOS. The molecule has 2 fully saturated rings. The van der Waals surface area contributed by atoms with Gasteiger partial charge in [-0.05, 0) is 51.2 Å². The van der Waals surface area contributed by atoms with Crippen LogP contribution in [0, 0.1) is 0 Å². The normalized spacial score (nSPS) is 27.2. The first-order valence-electron chi connectivity index (χ1n) is 7.60. The van der Waals surface area contributed by atoms with Crippen molar-refractivity contribution in [1.82, 2.24) is 5.32 Å². The summed E-state index contributed by atoms with van der Waals surface area (Å²) in [6.07, 6.45) is 11.2. The van der Waals surface area contributed by atoms with Crippen LogP contribution in [0.5, 0.6) is 0 Å². The third-order valence-corrected chi connectivity index (χ3v) is 6.78. The van der Waals surface area contributed by atoms with E-state index in [1.165, 1.54) is 44.9 Å². The molecule has 106 valence electrons. The molecule has 1 saturated heterocycles. The molecule has 1 atom stereocenters. The third-order valence-electron chi connectivity index (χ3n) is 5.19. The van der Waals surface area contributed by atoms with E-state index >= 15 is 0 Å². The lowest BCUT2D eigenvalue weighted by Gasteiger charge is -2.48. The molecule has 1 aliphatic carbocycles. The topological polar surface area (TPSA) is 21.3 Å². The second kappa shape index (κ2) is 6.15. The smallest absolute Gasteiger partial charge is 0.0697 e. The number of hydrogen-bond acceptors (Lipinski definition) is 3. The first kappa shape index (κ1) is 14.7. The molecule has 2 nitrogen and oxygen atoms in total. The van der Waals surface area contributed by atoms with Crippen LogP contribution in [0.2, 0.25) is 0 Å². The molecule has 0 radical (unpaired) electrons. The second-order valence-corrected chi connectivity index (χ2v) is 7.32. The van der Waals surface area contributed by atoms with Gasteiger partial charge in [-0.3, -0.25) is 0 Å². The minimum atomic E-state index is 0.274. The highest BCUT2D eigenvalue weighted by Gasteiger charge is 2.42. The van der Waals surface area contributed by atoms with E-state index < -0.39 is 0 Å². The largest absolute Gasteiger partial charge is 0.375 e. The SMILES string of the molecule is CCC(CC)(CNC1CCOC2(CCC2)C1)SC. The average Bonchev–Trinajstić information content (AvgIpc) is 2.40. The van der Waals surface area contributed by atoms with Crippen LogP contribution < -0.4 is 5.32 Å². The quantitative estimate of drug-likeness (QED) is 0.797. The molecule has 1 saturated carbocycles. The zero-order chi connectivity index (χ0) is 13.1. The van der Waals surface area contributed by atoms with Crippen molar-refractivity contribution in [3.8, 4) is 0 Å². The molecule has 0 bridgehead atoms. The Morgan fingerprint density at radius 2 is 2.06 bits per heavy atom. The van der Waals surface area contributed by atoms with Gasteiger partial charge in [-0.15, -0.1) is 0 Å². The van der Waals surface area contributed by atoms with E-state index in [1.807, 2.05) is 11.8 Å². The van der Waals surface area contributed by atoms with E-state index in [0.717, 1.165) is 13.2 Å². The number of ether oxygens (including phenoxy) is 1. The van der Waals surface area contributed by atoms with Crippen molar-refractivity contribution in [2.75, 3.05) is 19.4 Å². The van der Waals surface area contributed by atoms with Crippen molar-refractivity contribution >= 4 is 11.8 Å². The molecule has 0 aromatic carbocycles.